The van der Waals surface area contributed by atoms with E-state index >= 15 is 0 Å². The highest BCUT2D eigenvalue weighted by molar-refractivity contribution is 9.10. The highest BCUT2D eigenvalue weighted by Gasteiger charge is 2.11. The fourth-order valence-corrected chi connectivity index (χ4v) is 2.69. The maximum absolute atomic E-state index is 6.17. The van der Waals surface area contributed by atoms with Crippen LogP contribution in [0.4, 0.5) is 17.2 Å². The highest BCUT2D eigenvalue weighted by atomic mass is 79.9. The molecule has 2 aromatic carbocycles. The fourth-order valence-electron chi connectivity index (χ4n) is 2.30. The molecule has 0 atom stereocenters. The smallest absolute Gasteiger partial charge is 0.248 e. The van der Waals surface area contributed by atoms with Gasteiger partial charge in [0.1, 0.15) is 17.8 Å². The van der Waals surface area contributed by atoms with Crippen molar-refractivity contribution in [2.75, 3.05) is 11.1 Å². The summed E-state index contributed by atoms with van der Waals surface area (Å²) in [4.78, 5) is 8.34. The first-order valence-corrected chi connectivity index (χ1v) is 8.73. The van der Waals surface area contributed by atoms with Crippen molar-refractivity contribution in [2.24, 2.45) is 0 Å². The standard InChI is InChI=1S/C19H19BrN4O/c1-12(2)13-6-8-16(9-7-13)25-19-17(21)18(22-11-23-19)24-15-5-3-4-14(20)10-15/h3-12H,21H2,1-2H3,(H,22,23,24). The van der Waals surface area contributed by atoms with Crippen LogP contribution in [0.3, 0.4) is 0 Å². The Hall–Kier alpha value is -2.60. The van der Waals surface area contributed by atoms with E-state index in [4.69, 9.17) is 10.5 Å². The van der Waals surface area contributed by atoms with Gasteiger partial charge in [-0.1, -0.05) is 48.0 Å². The number of ether oxygens (including phenoxy) is 1. The van der Waals surface area contributed by atoms with Crippen molar-refractivity contribution in [1.29, 1.82) is 0 Å². The van der Waals surface area contributed by atoms with Crippen molar-refractivity contribution < 1.29 is 4.74 Å². The molecule has 6 heteroatoms. The highest BCUT2D eigenvalue weighted by Crippen LogP contribution is 2.31. The van der Waals surface area contributed by atoms with Gasteiger partial charge in [-0.25, -0.2) is 4.98 Å². The van der Waals surface area contributed by atoms with E-state index in [1.807, 2.05) is 48.5 Å². The van der Waals surface area contributed by atoms with E-state index < -0.39 is 0 Å². The first kappa shape index (κ1) is 17.2. The summed E-state index contributed by atoms with van der Waals surface area (Å²) in [6.45, 7) is 4.30. The summed E-state index contributed by atoms with van der Waals surface area (Å²) in [7, 11) is 0. The van der Waals surface area contributed by atoms with Crippen LogP contribution in [0.2, 0.25) is 0 Å². The summed E-state index contributed by atoms with van der Waals surface area (Å²) in [5, 5.41) is 3.18. The number of hydrogen-bond acceptors (Lipinski definition) is 5. The van der Waals surface area contributed by atoms with E-state index in [0.717, 1.165) is 10.2 Å². The second-order valence-electron chi connectivity index (χ2n) is 5.90. The molecule has 0 radical (unpaired) electrons. The molecular weight excluding hydrogens is 380 g/mol. The minimum Gasteiger partial charge on any atom is -0.437 e. The van der Waals surface area contributed by atoms with Crippen LogP contribution in [0, 0.1) is 0 Å². The molecule has 1 aromatic heterocycles. The Morgan fingerprint density at radius 1 is 1.08 bits per heavy atom. The van der Waals surface area contributed by atoms with Crippen molar-refractivity contribution in [1.82, 2.24) is 9.97 Å². The molecule has 0 saturated carbocycles. The van der Waals surface area contributed by atoms with E-state index in [-0.39, 0.29) is 0 Å². The number of nitrogens with zero attached hydrogens (tertiary/aromatic N) is 2. The Kier molecular flexibility index (Phi) is 5.19. The second-order valence-corrected chi connectivity index (χ2v) is 6.82. The van der Waals surface area contributed by atoms with Crippen LogP contribution in [-0.4, -0.2) is 9.97 Å². The predicted molar refractivity (Wildman–Crippen MR) is 104 cm³/mol. The van der Waals surface area contributed by atoms with Gasteiger partial charge in [0.25, 0.3) is 0 Å². The third kappa shape index (κ3) is 4.28. The van der Waals surface area contributed by atoms with Crippen LogP contribution in [-0.2, 0) is 0 Å². The van der Waals surface area contributed by atoms with Crippen molar-refractivity contribution in [3.63, 3.8) is 0 Å². The van der Waals surface area contributed by atoms with Gasteiger partial charge in [0.2, 0.25) is 5.88 Å². The minimum atomic E-state index is 0.324. The Morgan fingerprint density at radius 3 is 2.52 bits per heavy atom. The number of aromatic nitrogens is 2. The van der Waals surface area contributed by atoms with Gasteiger partial charge in [-0.3, -0.25) is 0 Å². The van der Waals surface area contributed by atoms with Crippen molar-refractivity contribution in [3.05, 3.63) is 64.9 Å². The first-order valence-electron chi connectivity index (χ1n) is 7.94. The quantitative estimate of drug-likeness (QED) is 0.594. The number of nitrogens with one attached hydrogen (secondary N) is 1. The zero-order chi connectivity index (χ0) is 17.8. The number of benzene rings is 2. The molecule has 1 heterocycles. The summed E-state index contributed by atoms with van der Waals surface area (Å²) in [5.74, 6) is 1.98. The van der Waals surface area contributed by atoms with Gasteiger partial charge in [-0.15, -0.1) is 0 Å². The summed E-state index contributed by atoms with van der Waals surface area (Å²) in [5.41, 5.74) is 8.65. The number of halogens is 1. The van der Waals surface area contributed by atoms with Gasteiger partial charge in [-0.05, 0) is 41.8 Å². The molecule has 3 rings (SSSR count). The first-order chi connectivity index (χ1) is 12.0. The maximum Gasteiger partial charge on any atom is 0.248 e. The van der Waals surface area contributed by atoms with Crippen LogP contribution >= 0.6 is 15.9 Å². The summed E-state index contributed by atoms with van der Waals surface area (Å²) in [6.07, 6.45) is 1.43. The van der Waals surface area contributed by atoms with E-state index in [1.165, 1.54) is 11.9 Å². The summed E-state index contributed by atoms with van der Waals surface area (Å²) >= 11 is 3.44. The molecule has 0 spiro atoms. The number of nitrogen functional groups attached to an aromatic ring is 1. The normalized spacial score (nSPS) is 10.7. The van der Waals surface area contributed by atoms with E-state index in [0.29, 0.717) is 29.1 Å². The average Bonchev–Trinajstić information content (AvgIpc) is 2.59. The molecule has 25 heavy (non-hydrogen) atoms. The van der Waals surface area contributed by atoms with Gasteiger partial charge in [0.05, 0.1) is 0 Å². The van der Waals surface area contributed by atoms with Crippen molar-refractivity contribution in [2.45, 2.75) is 19.8 Å². The third-order valence-corrected chi connectivity index (χ3v) is 4.19. The lowest BCUT2D eigenvalue weighted by atomic mass is 10.0. The zero-order valence-corrected chi connectivity index (χ0v) is 15.6. The lowest BCUT2D eigenvalue weighted by Gasteiger charge is -2.12. The van der Waals surface area contributed by atoms with Crippen molar-refractivity contribution in [3.8, 4) is 11.6 Å². The summed E-state index contributed by atoms with van der Waals surface area (Å²) in [6, 6.07) is 15.7. The molecule has 0 bridgehead atoms. The SMILES string of the molecule is CC(C)c1ccc(Oc2ncnc(Nc3cccc(Br)c3)c2N)cc1. The van der Waals surface area contributed by atoms with Gasteiger partial charge in [0.15, 0.2) is 5.82 Å². The Balaban J connectivity index is 1.81. The maximum atomic E-state index is 6.17. The minimum absolute atomic E-state index is 0.324. The fraction of sp³-hybridized carbons (Fsp3) is 0.158. The molecule has 0 aliphatic rings. The van der Waals surface area contributed by atoms with Crippen molar-refractivity contribution >= 4 is 33.1 Å². The number of hydrogen-bond donors (Lipinski definition) is 2. The van der Waals surface area contributed by atoms with Gasteiger partial charge in [0, 0.05) is 10.2 Å². The van der Waals surface area contributed by atoms with E-state index in [1.54, 1.807) is 0 Å². The largest absolute Gasteiger partial charge is 0.437 e. The average molecular weight is 399 g/mol. The summed E-state index contributed by atoms with van der Waals surface area (Å²) < 4.78 is 6.79. The third-order valence-electron chi connectivity index (χ3n) is 3.70. The number of anilines is 3. The Labute approximate surface area is 155 Å². The number of rotatable bonds is 5. The molecule has 0 unspecified atom stereocenters. The van der Waals surface area contributed by atoms with E-state index in [2.05, 4.69) is 45.1 Å². The molecule has 0 aliphatic heterocycles. The molecule has 0 saturated heterocycles. The Morgan fingerprint density at radius 2 is 1.84 bits per heavy atom. The molecule has 0 amide bonds. The van der Waals surface area contributed by atoms with Crippen LogP contribution in [0.5, 0.6) is 11.6 Å². The van der Waals surface area contributed by atoms with Crippen LogP contribution < -0.4 is 15.8 Å². The molecular formula is C19H19BrN4O. The molecule has 3 aromatic rings. The molecule has 3 N–H and O–H groups in total. The topological polar surface area (TPSA) is 73.1 Å². The molecule has 128 valence electrons. The van der Waals surface area contributed by atoms with Crippen LogP contribution in [0.1, 0.15) is 25.3 Å². The molecule has 0 aliphatic carbocycles. The lowest BCUT2D eigenvalue weighted by Crippen LogP contribution is -2.03. The number of nitrogens with two attached hydrogens (primary N) is 1. The second kappa shape index (κ2) is 7.53. The van der Waals surface area contributed by atoms with Crippen LogP contribution in [0.25, 0.3) is 0 Å². The van der Waals surface area contributed by atoms with Gasteiger partial charge >= 0.3 is 0 Å². The molecule has 5 nitrogen and oxygen atoms in total. The molecule has 0 fully saturated rings. The predicted octanol–water partition coefficient (Wildman–Crippen LogP) is 5.48. The van der Waals surface area contributed by atoms with Gasteiger partial charge in [-0.2, -0.15) is 4.98 Å². The van der Waals surface area contributed by atoms with Crippen LogP contribution in [0.15, 0.2) is 59.3 Å². The zero-order valence-electron chi connectivity index (χ0n) is 14.0. The Bertz CT molecular complexity index is 866. The monoisotopic (exact) mass is 398 g/mol. The van der Waals surface area contributed by atoms with Gasteiger partial charge < -0.3 is 15.8 Å². The lowest BCUT2D eigenvalue weighted by molar-refractivity contribution is 0.464. The van der Waals surface area contributed by atoms with E-state index in [9.17, 15) is 0 Å².